The second kappa shape index (κ2) is 10.4. The Morgan fingerprint density at radius 3 is 2.40 bits per heavy atom. The number of halogens is 5. The van der Waals surface area contributed by atoms with E-state index in [2.05, 4.69) is 4.98 Å². The van der Waals surface area contributed by atoms with Gasteiger partial charge in [-0.2, -0.15) is 0 Å². The van der Waals surface area contributed by atoms with Crippen LogP contribution >= 0.6 is 46.6 Å². The van der Waals surface area contributed by atoms with Crippen molar-refractivity contribution in [1.82, 2.24) is 9.55 Å². The third-order valence-corrected chi connectivity index (χ3v) is 7.88. The van der Waals surface area contributed by atoms with Crippen LogP contribution in [0.3, 0.4) is 0 Å². The van der Waals surface area contributed by atoms with Crippen molar-refractivity contribution >= 4 is 46.6 Å². The van der Waals surface area contributed by atoms with E-state index < -0.39 is 11.2 Å². The van der Waals surface area contributed by atoms with Gasteiger partial charge in [-0.15, -0.1) is 0 Å². The lowest BCUT2D eigenvalue weighted by molar-refractivity contribution is 0.386. The number of benzene rings is 3. The Kier molecular flexibility index (Phi) is 7.67. The van der Waals surface area contributed by atoms with E-state index in [9.17, 15) is 8.78 Å². The van der Waals surface area contributed by atoms with E-state index in [1.54, 1.807) is 36.5 Å². The maximum atomic E-state index is 14.4. The molecule has 3 nitrogen and oxygen atoms in total. The minimum absolute atomic E-state index is 0.0996. The summed E-state index contributed by atoms with van der Waals surface area (Å²) >= 11 is 20.0. The zero-order valence-corrected chi connectivity index (χ0v) is 22.2. The molecule has 0 saturated heterocycles. The predicted octanol–water partition coefficient (Wildman–Crippen LogP) is 8.74. The molecule has 0 amide bonds. The van der Waals surface area contributed by atoms with Crippen LogP contribution in [0.1, 0.15) is 30.7 Å². The van der Waals surface area contributed by atoms with Crippen molar-refractivity contribution in [2.45, 2.75) is 30.2 Å². The van der Waals surface area contributed by atoms with Crippen LogP contribution in [0.15, 0.2) is 66.0 Å². The standard InChI is InChI=1S/C26H21Cl3F2N2OS/c1-26(2,15-7-9-19(28)20(29)11-15)24-13-32-25(35-14-17-18(27)5-4-6-21(17)30)33(24)16-8-10-22(31)23(12-16)34-3/h4-13H,14H2,1-3H3. The summed E-state index contributed by atoms with van der Waals surface area (Å²) in [7, 11) is 1.41. The topological polar surface area (TPSA) is 27.1 Å². The molecule has 1 aromatic heterocycles. The molecule has 0 aliphatic carbocycles. The lowest BCUT2D eigenvalue weighted by atomic mass is 9.81. The average molecular weight is 554 g/mol. The lowest BCUT2D eigenvalue weighted by Crippen LogP contribution is -2.23. The van der Waals surface area contributed by atoms with Gasteiger partial charge in [0, 0.05) is 27.8 Å². The fraction of sp³-hybridized carbons (Fsp3) is 0.192. The smallest absolute Gasteiger partial charge is 0.173 e. The van der Waals surface area contributed by atoms with E-state index in [1.807, 2.05) is 30.5 Å². The normalized spacial score (nSPS) is 11.7. The SMILES string of the molecule is COc1cc(-n2c(C(C)(C)c3ccc(Cl)c(Cl)c3)cnc2SCc2c(F)cccc2Cl)ccc1F. The first-order valence-electron chi connectivity index (χ1n) is 10.6. The number of hydrogen-bond donors (Lipinski definition) is 0. The third kappa shape index (κ3) is 5.17. The highest BCUT2D eigenvalue weighted by molar-refractivity contribution is 7.98. The van der Waals surface area contributed by atoms with Crippen molar-refractivity contribution in [3.63, 3.8) is 0 Å². The minimum Gasteiger partial charge on any atom is -0.494 e. The van der Waals surface area contributed by atoms with Crippen LogP contribution in [-0.4, -0.2) is 16.7 Å². The number of rotatable bonds is 7. The summed E-state index contributed by atoms with van der Waals surface area (Å²) in [5.41, 5.74) is 2.18. The molecule has 4 aromatic rings. The Bertz CT molecular complexity index is 1370. The molecule has 0 unspecified atom stereocenters. The Balaban J connectivity index is 1.84. The second-order valence-electron chi connectivity index (χ2n) is 8.32. The number of aromatic nitrogens is 2. The molecule has 4 rings (SSSR count). The van der Waals surface area contributed by atoms with Crippen molar-refractivity contribution in [2.24, 2.45) is 0 Å². The largest absolute Gasteiger partial charge is 0.494 e. The summed E-state index contributed by atoms with van der Waals surface area (Å²) in [4.78, 5) is 4.64. The van der Waals surface area contributed by atoms with Gasteiger partial charge in [-0.25, -0.2) is 13.8 Å². The summed E-state index contributed by atoms with van der Waals surface area (Å²) in [5, 5.41) is 1.83. The van der Waals surface area contributed by atoms with Crippen LogP contribution in [0.2, 0.25) is 15.1 Å². The number of nitrogens with zero attached hydrogens (tertiary/aromatic N) is 2. The van der Waals surface area contributed by atoms with Gasteiger partial charge in [-0.05, 0) is 42.0 Å². The molecular formula is C26H21Cl3F2N2OS. The molecule has 182 valence electrons. The predicted molar refractivity (Wildman–Crippen MR) is 140 cm³/mol. The minimum atomic E-state index is -0.572. The zero-order chi connectivity index (χ0) is 25.3. The highest BCUT2D eigenvalue weighted by Gasteiger charge is 2.30. The van der Waals surface area contributed by atoms with Crippen LogP contribution in [0.4, 0.5) is 8.78 Å². The van der Waals surface area contributed by atoms with E-state index in [0.29, 0.717) is 31.5 Å². The van der Waals surface area contributed by atoms with Gasteiger partial charge in [0.2, 0.25) is 0 Å². The van der Waals surface area contributed by atoms with Gasteiger partial charge in [0.05, 0.1) is 34.7 Å². The van der Waals surface area contributed by atoms with E-state index in [1.165, 1.54) is 31.0 Å². The molecule has 0 aliphatic rings. The maximum Gasteiger partial charge on any atom is 0.173 e. The molecule has 0 N–H and O–H groups in total. The molecule has 0 radical (unpaired) electrons. The van der Waals surface area contributed by atoms with Crippen molar-refractivity contribution in [2.75, 3.05) is 7.11 Å². The summed E-state index contributed by atoms with van der Waals surface area (Å²) in [6, 6.07) is 14.6. The highest BCUT2D eigenvalue weighted by Crippen LogP contribution is 2.39. The molecule has 9 heteroatoms. The molecule has 1 heterocycles. The first-order chi connectivity index (χ1) is 16.6. The van der Waals surface area contributed by atoms with E-state index in [4.69, 9.17) is 39.5 Å². The van der Waals surface area contributed by atoms with Crippen LogP contribution in [0.5, 0.6) is 5.75 Å². The van der Waals surface area contributed by atoms with E-state index in [0.717, 1.165) is 11.3 Å². The molecule has 35 heavy (non-hydrogen) atoms. The van der Waals surface area contributed by atoms with Gasteiger partial charge in [-0.3, -0.25) is 4.57 Å². The first-order valence-corrected chi connectivity index (χ1v) is 12.7. The summed E-state index contributed by atoms with van der Waals surface area (Å²) in [6.07, 6.45) is 1.75. The molecule has 0 fully saturated rings. The van der Waals surface area contributed by atoms with Gasteiger partial charge < -0.3 is 4.74 Å². The van der Waals surface area contributed by atoms with Crippen LogP contribution < -0.4 is 4.74 Å². The first kappa shape index (κ1) is 25.8. The molecule has 0 atom stereocenters. The number of hydrogen-bond acceptors (Lipinski definition) is 3. The number of thioether (sulfide) groups is 1. The van der Waals surface area contributed by atoms with E-state index in [-0.39, 0.29) is 17.3 Å². The van der Waals surface area contributed by atoms with Gasteiger partial charge >= 0.3 is 0 Å². The van der Waals surface area contributed by atoms with Crippen LogP contribution in [0, 0.1) is 11.6 Å². The zero-order valence-electron chi connectivity index (χ0n) is 19.1. The highest BCUT2D eigenvalue weighted by atomic mass is 35.5. The Morgan fingerprint density at radius 1 is 0.943 bits per heavy atom. The van der Waals surface area contributed by atoms with Crippen molar-refractivity contribution in [3.05, 3.63) is 104 Å². The molecule has 0 aliphatic heterocycles. The quantitative estimate of drug-likeness (QED) is 0.214. The van der Waals surface area contributed by atoms with Crippen molar-refractivity contribution in [3.8, 4) is 11.4 Å². The van der Waals surface area contributed by atoms with Crippen molar-refractivity contribution in [1.29, 1.82) is 0 Å². The van der Waals surface area contributed by atoms with Gasteiger partial charge in [0.1, 0.15) is 5.82 Å². The van der Waals surface area contributed by atoms with Gasteiger partial charge in [-0.1, -0.05) is 72.5 Å². The van der Waals surface area contributed by atoms with E-state index >= 15 is 0 Å². The molecular weight excluding hydrogens is 533 g/mol. The van der Waals surface area contributed by atoms with Gasteiger partial charge in [0.15, 0.2) is 16.7 Å². The fourth-order valence-electron chi connectivity index (χ4n) is 3.75. The Labute approximate surface area is 222 Å². The average Bonchev–Trinajstić information content (AvgIpc) is 3.25. The summed E-state index contributed by atoms with van der Waals surface area (Å²) in [5.74, 6) is -0.507. The number of ether oxygens (including phenoxy) is 1. The molecule has 3 aromatic carbocycles. The number of imidazole rings is 1. The Morgan fingerprint density at radius 2 is 1.71 bits per heavy atom. The van der Waals surface area contributed by atoms with Crippen LogP contribution in [-0.2, 0) is 11.2 Å². The summed E-state index contributed by atoms with van der Waals surface area (Å²) in [6.45, 7) is 4.06. The maximum absolute atomic E-state index is 14.4. The van der Waals surface area contributed by atoms with Gasteiger partial charge in [0.25, 0.3) is 0 Å². The molecule has 0 spiro atoms. The molecule has 0 saturated carbocycles. The van der Waals surface area contributed by atoms with Crippen molar-refractivity contribution < 1.29 is 13.5 Å². The Hall–Kier alpha value is -2.25. The van der Waals surface area contributed by atoms with Crippen LogP contribution in [0.25, 0.3) is 5.69 Å². The second-order valence-corrected chi connectivity index (χ2v) is 10.5. The number of methoxy groups -OCH3 is 1. The molecule has 0 bridgehead atoms. The lowest BCUT2D eigenvalue weighted by Gasteiger charge is -2.28. The monoisotopic (exact) mass is 552 g/mol. The fourth-order valence-corrected chi connectivity index (χ4v) is 5.39. The summed E-state index contributed by atoms with van der Waals surface area (Å²) < 4.78 is 35.7. The third-order valence-electron chi connectivity index (χ3n) is 5.81.